The monoisotopic (exact) mass is 414 g/mol. The quantitative estimate of drug-likeness (QED) is 0.617. The summed E-state index contributed by atoms with van der Waals surface area (Å²) in [6, 6.07) is 13.8. The molecule has 2 aromatic carbocycles. The molecule has 1 aliphatic carbocycles. The number of nitrogens with one attached hydrogen (secondary N) is 1. The Labute approximate surface area is 168 Å². The summed E-state index contributed by atoms with van der Waals surface area (Å²) >= 11 is 23.1. The van der Waals surface area contributed by atoms with Crippen molar-refractivity contribution in [2.24, 2.45) is 0 Å². The average Bonchev–Trinajstić information content (AvgIpc) is 3.40. The Morgan fingerprint density at radius 3 is 1.96 bits per heavy atom. The molecule has 132 valence electrons. The second-order valence-corrected chi connectivity index (χ2v) is 7.44. The molecule has 1 N–H and O–H groups in total. The highest BCUT2D eigenvalue weighted by Crippen LogP contribution is 2.23. The minimum absolute atomic E-state index is 0.372. The second kappa shape index (κ2) is 10.3. The zero-order valence-electron chi connectivity index (χ0n) is 13.5. The van der Waals surface area contributed by atoms with E-state index in [4.69, 9.17) is 51.7 Å². The first-order valence-corrected chi connectivity index (χ1v) is 9.49. The Balaban J connectivity index is 0.000000186. The summed E-state index contributed by atoms with van der Waals surface area (Å²) in [6.45, 7) is 1.03. The van der Waals surface area contributed by atoms with Crippen LogP contribution in [-0.4, -0.2) is 12.6 Å². The number of halogens is 4. The minimum atomic E-state index is 0.372. The van der Waals surface area contributed by atoms with Crippen LogP contribution in [0.1, 0.15) is 24.0 Å². The Kier molecular flexibility index (Phi) is 8.36. The van der Waals surface area contributed by atoms with E-state index in [0.29, 0.717) is 26.5 Å². The Hall–Kier alpha value is -0.950. The van der Waals surface area contributed by atoms with Gasteiger partial charge in [0.15, 0.2) is 0 Å². The summed E-state index contributed by atoms with van der Waals surface area (Å²) in [6.07, 6.45) is 4.06. The van der Waals surface area contributed by atoms with E-state index in [2.05, 4.69) is 5.32 Å². The van der Waals surface area contributed by atoms with Crippen molar-refractivity contribution in [2.45, 2.75) is 31.7 Å². The number of hydrogen-bond acceptors (Lipinski definition) is 2. The highest BCUT2D eigenvalue weighted by atomic mass is 35.5. The van der Waals surface area contributed by atoms with Crippen LogP contribution >= 0.6 is 46.4 Å². The van der Waals surface area contributed by atoms with Crippen LogP contribution in [0.5, 0.6) is 0 Å². The van der Waals surface area contributed by atoms with Crippen LogP contribution in [0.4, 0.5) is 0 Å². The number of hydrogen-bond donors (Lipinski definition) is 1. The van der Waals surface area contributed by atoms with Crippen LogP contribution in [0, 0.1) is 11.3 Å². The summed E-state index contributed by atoms with van der Waals surface area (Å²) in [7, 11) is 0. The lowest BCUT2D eigenvalue weighted by Gasteiger charge is -2.04. The zero-order valence-corrected chi connectivity index (χ0v) is 16.6. The molecular formula is C19H18Cl4N2. The Morgan fingerprint density at radius 1 is 0.880 bits per heavy atom. The van der Waals surface area contributed by atoms with E-state index in [0.717, 1.165) is 24.6 Å². The van der Waals surface area contributed by atoms with E-state index in [1.54, 1.807) is 18.2 Å². The third kappa shape index (κ3) is 7.44. The molecule has 2 aromatic rings. The van der Waals surface area contributed by atoms with Gasteiger partial charge in [0.1, 0.15) is 0 Å². The molecule has 1 saturated carbocycles. The number of benzene rings is 2. The first-order valence-electron chi connectivity index (χ1n) is 7.97. The lowest BCUT2D eigenvalue weighted by atomic mass is 10.1. The van der Waals surface area contributed by atoms with Gasteiger partial charge in [-0.15, -0.1) is 0 Å². The summed E-state index contributed by atoms with van der Waals surface area (Å²) in [5.41, 5.74) is 2.13. The molecule has 6 heteroatoms. The van der Waals surface area contributed by atoms with Crippen molar-refractivity contribution in [3.8, 4) is 6.07 Å². The Morgan fingerprint density at radius 2 is 1.44 bits per heavy atom. The van der Waals surface area contributed by atoms with Gasteiger partial charge in [-0.3, -0.25) is 0 Å². The lowest BCUT2D eigenvalue weighted by Crippen LogP contribution is -2.19. The molecule has 0 atom stereocenters. The van der Waals surface area contributed by atoms with Crippen molar-refractivity contribution in [3.05, 3.63) is 67.6 Å². The van der Waals surface area contributed by atoms with Gasteiger partial charge in [-0.1, -0.05) is 58.5 Å². The molecule has 0 amide bonds. The van der Waals surface area contributed by atoms with E-state index < -0.39 is 0 Å². The van der Waals surface area contributed by atoms with Crippen molar-refractivity contribution in [1.29, 1.82) is 5.26 Å². The van der Waals surface area contributed by atoms with Crippen LogP contribution in [0.15, 0.2) is 36.4 Å². The van der Waals surface area contributed by atoms with Crippen LogP contribution in [0.25, 0.3) is 0 Å². The van der Waals surface area contributed by atoms with E-state index in [1.807, 2.05) is 24.3 Å². The maximum Gasteiger partial charge on any atom is 0.0669 e. The predicted octanol–water partition coefficient (Wildman–Crippen LogP) is 6.35. The molecule has 1 fully saturated rings. The fraction of sp³-hybridized carbons (Fsp3) is 0.316. The smallest absolute Gasteiger partial charge is 0.0669 e. The zero-order chi connectivity index (χ0) is 18.2. The highest BCUT2D eigenvalue weighted by molar-refractivity contribution is 6.42. The number of rotatable bonds is 5. The van der Waals surface area contributed by atoms with Gasteiger partial charge in [-0.2, -0.15) is 5.26 Å². The molecule has 0 unspecified atom stereocenters. The first-order chi connectivity index (χ1) is 12.0. The standard InChI is InChI=1S/C11H13Cl2N.C8H5Cl2N/c12-10-4-1-8(7-11(10)13)5-6-14-9-2-3-9;9-7-2-1-6(3-4-11)5-8(7)10/h1,4,7,9,14H,2-3,5-6H2;1-2,5H,3H2. The third-order valence-electron chi connectivity index (χ3n) is 3.68. The first kappa shape index (κ1) is 20.4. The van der Waals surface area contributed by atoms with Gasteiger partial charge in [-0.25, -0.2) is 0 Å². The van der Waals surface area contributed by atoms with Crippen molar-refractivity contribution >= 4 is 46.4 Å². The SMILES string of the molecule is Clc1ccc(CCNC2CC2)cc1Cl.N#CCc1ccc(Cl)c(Cl)c1. The van der Waals surface area contributed by atoms with Crippen LogP contribution in [0.2, 0.25) is 20.1 Å². The van der Waals surface area contributed by atoms with Gasteiger partial charge in [0.25, 0.3) is 0 Å². The molecule has 0 heterocycles. The van der Waals surface area contributed by atoms with Crippen LogP contribution < -0.4 is 5.32 Å². The van der Waals surface area contributed by atoms with Gasteiger partial charge in [-0.05, 0) is 61.2 Å². The summed E-state index contributed by atoms with van der Waals surface area (Å²) in [5, 5.41) is 14.1. The molecule has 0 aromatic heterocycles. The maximum absolute atomic E-state index is 8.35. The number of nitriles is 1. The molecule has 0 saturated heterocycles. The molecule has 0 spiro atoms. The summed E-state index contributed by atoms with van der Waals surface area (Å²) < 4.78 is 0. The van der Waals surface area contributed by atoms with Gasteiger partial charge in [0, 0.05) is 6.04 Å². The average molecular weight is 416 g/mol. The van der Waals surface area contributed by atoms with Gasteiger partial charge in [0.05, 0.1) is 32.6 Å². The molecular weight excluding hydrogens is 398 g/mol. The lowest BCUT2D eigenvalue weighted by molar-refractivity contribution is 0.682. The largest absolute Gasteiger partial charge is 0.314 e. The van der Waals surface area contributed by atoms with Crippen LogP contribution in [0.3, 0.4) is 0 Å². The topological polar surface area (TPSA) is 35.8 Å². The molecule has 0 bridgehead atoms. The fourth-order valence-corrected chi connectivity index (χ4v) is 2.79. The van der Waals surface area contributed by atoms with Crippen molar-refractivity contribution in [2.75, 3.05) is 6.54 Å². The van der Waals surface area contributed by atoms with E-state index in [9.17, 15) is 0 Å². The van der Waals surface area contributed by atoms with Gasteiger partial charge < -0.3 is 5.32 Å². The van der Waals surface area contributed by atoms with Crippen LogP contribution in [-0.2, 0) is 12.8 Å². The number of nitrogens with zero attached hydrogens (tertiary/aromatic N) is 1. The second-order valence-electron chi connectivity index (χ2n) is 5.81. The van der Waals surface area contributed by atoms with Gasteiger partial charge >= 0.3 is 0 Å². The molecule has 0 radical (unpaired) electrons. The van der Waals surface area contributed by atoms with Crippen molar-refractivity contribution in [3.63, 3.8) is 0 Å². The maximum atomic E-state index is 8.35. The molecule has 0 aliphatic heterocycles. The highest BCUT2D eigenvalue weighted by Gasteiger charge is 2.19. The molecule has 2 nitrogen and oxygen atoms in total. The molecule has 1 aliphatic rings. The van der Waals surface area contributed by atoms with E-state index in [-0.39, 0.29) is 0 Å². The van der Waals surface area contributed by atoms with Crippen molar-refractivity contribution in [1.82, 2.24) is 5.32 Å². The molecule has 3 rings (SSSR count). The third-order valence-corrected chi connectivity index (χ3v) is 5.15. The predicted molar refractivity (Wildman–Crippen MR) is 107 cm³/mol. The molecule has 25 heavy (non-hydrogen) atoms. The summed E-state index contributed by atoms with van der Waals surface area (Å²) in [5.74, 6) is 0. The van der Waals surface area contributed by atoms with Crippen molar-refractivity contribution < 1.29 is 0 Å². The Bertz CT molecular complexity index is 752. The summed E-state index contributed by atoms with van der Waals surface area (Å²) in [4.78, 5) is 0. The van der Waals surface area contributed by atoms with E-state index in [1.165, 1.54) is 18.4 Å². The van der Waals surface area contributed by atoms with Gasteiger partial charge in [0.2, 0.25) is 0 Å². The van der Waals surface area contributed by atoms with E-state index >= 15 is 0 Å². The fourth-order valence-electron chi connectivity index (χ4n) is 2.14. The normalized spacial score (nSPS) is 12.9. The minimum Gasteiger partial charge on any atom is -0.314 e.